The molecule has 3 N–H and O–H groups in total. The average Bonchev–Trinajstić information content (AvgIpc) is 3.26. The number of hydrogen-bond acceptors (Lipinski definition) is 7. The molecule has 0 amide bonds. The number of aromatic nitrogens is 3. The van der Waals surface area contributed by atoms with Crippen molar-refractivity contribution in [2.24, 2.45) is 0 Å². The standard InChI is InChI=1S/C20H16BrClF3N3O4S/c21-19-14(3-10(22)5-26-19)33-20-18(31)16(17(30)13(7-29)32-20)28-6-9(4-27-28)8-1-11(23)15(25)12(24)2-8/h1-6,13,16-18,20,29-31H,7H2/t13?,16-,17-,18?,20+/m0/s1. The van der Waals surface area contributed by atoms with Crippen LogP contribution < -0.4 is 0 Å². The molecule has 4 rings (SSSR count). The Bertz CT molecular complexity index is 1150. The predicted octanol–water partition coefficient (Wildman–Crippen LogP) is 3.55. The Labute approximate surface area is 203 Å². The van der Waals surface area contributed by atoms with Crippen LogP contribution in [0.4, 0.5) is 13.2 Å². The molecule has 1 fully saturated rings. The predicted molar refractivity (Wildman–Crippen MR) is 117 cm³/mol. The molecule has 1 aliphatic heterocycles. The summed E-state index contributed by atoms with van der Waals surface area (Å²) in [5, 5.41) is 35.9. The van der Waals surface area contributed by atoms with Crippen molar-refractivity contribution < 1.29 is 33.2 Å². The maximum absolute atomic E-state index is 13.6. The van der Waals surface area contributed by atoms with E-state index in [9.17, 15) is 28.5 Å². The van der Waals surface area contributed by atoms with Crippen LogP contribution in [0.1, 0.15) is 6.04 Å². The molecule has 5 atom stereocenters. The zero-order valence-electron chi connectivity index (χ0n) is 16.4. The third-order valence-electron chi connectivity index (χ3n) is 5.09. The fourth-order valence-corrected chi connectivity index (χ4v) is 5.28. The van der Waals surface area contributed by atoms with Gasteiger partial charge in [-0.25, -0.2) is 18.2 Å². The van der Waals surface area contributed by atoms with Crippen LogP contribution in [-0.4, -0.2) is 60.4 Å². The Hall–Kier alpha value is -1.67. The largest absolute Gasteiger partial charge is 0.394 e. The second-order valence-corrected chi connectivity index (χ2v) is 9.55. The molecule has 33 heavy (non-hydrogen) atoms. The summed E-state index contributed by atoms with van der Waals surface area (Å²) in [7, 11) is 0. The molecule has 0 spiro atoms. The first-order chi connectivity index (χ1) is 15.7. The number of aliphatic hydroxyl groups is 3. The van der Waals surface area contributed by atoms with Crippen LogP contribution in [0.5, 0.6) is 0 Å². The highest BCUT2D eigenvalue weighted by Crippen LogP contribution is 2.40. The van der Waals surface area contributed by atoms with Crippen molar-refractivity contribution in [1.29, 1.82) is 0 Å². The molecule has 0 bridgehead atoms. The number of thioether (sulfide) groups is 1. The highest BCUT2D eigenvalue weighted by atomic mass is 79.9. The Kier molecular flexibility index (Phi) is 7.34. The van der Waals surface area contributed by atoms with Gasteiger partial charge in [0.1, 0.15) is 34.4 Å². The van der Waals surface area contributed by atoms with Gasteiger partial charge in [0.2, 0.25) is 0 Å². The molecule has 3 heterocycles. The maximum Gasteiger partial charge on any atom is 0.194 e. The zero-order valence-corrected chi connectivity index (χ0v) is 19.6. The van der Waals surface area contributed by atoms with E-state index in [2.05, 4.69) is 26.0 Å². The van der Waals surface area contributed by atoms with E-state index in [4.69, 9.17) is 16.3 Å². The number of aliphatic hydroxyl groups excluding tert-OH is 3. The van der Waals surface area contributed by atoms with E-state index < -0.39 is 53.8 Å². The summed E-state index contributed by atoms with van der Waals surface area (Å²) in [6.45, 7) is -0.543. The van der Waals surface area contributed by atoms with E-state index >= 15 is 0 Å². The van der Waals surface area contributed by atoms with Gasteiger partial charge in [-0.15, -0.1) is 0 Å². The van der Waals surface area contributed by atoms with Crippen molar-refractivity contribution >= 4 is 39.3 Å². The van der Waals surface area contributed by atoms with Crippen molar-refractivity contribution in [3.8, 4) is 11.1 Å². The molecule has 7 nitrogen and oxygen atoms in total. The van der Waals surface area contributed by atoms with Crippen molar-refractivity contribution in [3.05, 3.63) is 63.9 Å². The first-order valence-corrected chi connectivity index (χ1v) is 11.5. The normalized spacial score (nSPS) is 25.4. The van der Waals surface area contributed by atoms with E-state index in [-0.39, 0.29) is 11.1 Å². The van der Waals surface area contributed by atoms with Gasteiger partial charge in [0, 0.05) is 22.9 Å². The molecule has 1 aliphatic rings. The van der Waals surface area contributed by atoms with Gasteiger partial charge in [-0.2, -0.15) is 5.10 Å². The molecule has 2 aromatic heterocycles. The number of hydrogen-bond donors (Lipinski definition) is 3. The number of rotatable bonds is 5. The van der Waals surface area contributed by atoms with Gasteiger partial charge in [0.25, 0.3) is 0 Å². The Morgan fingerprint density at radius 3 is 2.45 bits per heavy atom. The summed E-state index contributed by atoms with van der Waals surface area (Å²) < 4.78 is 47.9. The summed E-state index contributed by atoms with van der Waals surface area (Å²) in [6.07, 6.45) is 0.292. The topological polar surface area (TPSA) is 101 Å². The van der Waals surface area contributed by atoms with Gasteiger partial charge < -0.3 is 20.1 Å². The lowest BCUT2D eigenvalue weighted by molar-refractivity contribution is -0.178. The van der Waals surface area contributed by atoms with E-state index in [1.807, 2.05) is 0 Å². The van der Waals surface area contributed by atoms with E-state index in [0.29, 0.717) is 14.5 Å². The molecule has 176 valence electrons. The monoisotopic (exact) mass is 565 g/mol. The van der Waals surface area contributed by atoms with Gasteiger partial charge in [0.05, 0.1) is 17.8 Å². The number of pyridine rings is 1. The molecule has 1 aromatic carbocycles. The van der Waals surface area contributed by atoms with E-state index in [0.717, 1.165) is 23.9 Å². The molecule has 2 unspecified atom stereocenters. The summed E-state index contributed by atoms with van der Waals surface area (Å²) in [4.78, 5) is 4.63. The average molecular weight is 567 g/mol. The van der Waals surface area contributed by atoms with Crippen molar-refractivity contribution in [1.82, 2.24) is 14.8 Å². The zero-order chi connectivity index (χ0) is 23.9. The van der Waals surface area contributed by atoms with Crippen LogP contribution in [0.15, 0.2) is 46.3 Å². The van der Waals surface area contributed by atoms with Gasteiger partial charge in [-0.05, 0) is 39.7 Å². The number of nitrogens with zero attached hydrogens (tertiary/aromatic N) is 3. The van der Waals surface area contributed by atoms with Crippen molar-refractivity contribution in [2.75, 3.05) is 6.61 Å². The second kappa shape index (κ2) is 9.90. The molecule has 0 aliphatic carbocycles. The highest BCUT2D eigenvalue weighted by Gasteiger charge is 2.46. The molecular weight excluding hydrogens is 551 g/mol. The molecule has 0 radical (unpaired) electrons. The minimum Gasteiger partial charge on any atom is -0.394 e. The maximum atomic E-state index is 13.6. The summed E-state index contributed by atoms with van der Waals surface area (Å²) >= 11 is 10.4. The van der Waals surface area contributed by atoms with Crippen LogP contribution in [0.3, 0.4) is 0 Å². The lowest BCUT2D eigenvalue weighted by Crippen LogP contribution is -2.55. The van der Waals surface area contributed by atoms with Crippen molar-refractivity contribution in [3.63, 3.8) is 0 Å². The van der Waals surface area contributed by atoms with Crippen LogP contribution >= 0.6 is 39.3 Å². The van der Waals surface area contributed by atoms with E-state index in [1.54, 1.807) is 6.07 Å². The smallest absolute Gasteiger partial charge is 0.194 e. The number of halogens is 5. The molecule has 0 saturated carbocycles. The number of ether oxygens (including phenoxy) is 1. The minimum absolute atomic E-state index is 0.0206. The SMILES string of the molecule is OCC1O[C@H](Sc2cc(Cl)cnc2Br)C(O)[C@@H](n2cc(-c3cc(F)c(F)c(F)c3)cn2)[C@H]1O. The van der Waals surface area contributed by atoms with Gasteiger partial charge in [0.15, 0.2) is 17.5 Å². The van der Waals surface area contributed by atoms with Crippen LogP contribution in [0, 0.1) is 17.5 Å². The highest BCUT2D eigenvalue weighted by molar-refractivity contribution is 9.10. The fourth-order valence-electron chi connectivity index (χ4n) is 3.46. The third kappa shape index (κ3) is 4.92. The Morgan fingerprint density at radius 2 is 1.79 bits per heavy atom. The van der Waals surface area contributed by atoms with E-state index in [1.165, 1.54) is 23.3 Å². The lowest BCUT2D eigenvalue weighted by atomic mass is 9.97. The molecule has 1 saturated heterocycles. The van der Waals surface area contributed by atoms with Gasteiger partial charge >= 0.3 is 0 Å². The summed E-state index contributed by atoms with van der Waals surface area (Å²) in [5.41, 5.74) is -0.710. The van der Waals surface area contributed by atoms with Gasteiger partial charge in [-0.3, -0.25) is 4.68 Å². The molecule has 13 heteroatoms. The quantitative estimate of drug-likeness (QED) is 0.321. The Morgan fingerprint density at radius 1 is 1.09 bits per heavy atom. The van der Waals surface area contributed by atoms with Crippen LogP contribution in [-0.2, 0) is 4.74 Å². The van der Waals surface area contributed by atoms with Crippen molar-refractivity contribution in [2.45, 2.75) is 34.7 Å². The van der Waals surface area contributed by atoms with Crippen LogP contribution in [0.25, 0.3) is 11.1 Å². The van der Waals surface area contributed by atoms with Crippen LogP contribution in [0.2, 0.25) is 5.02 Å². The fraction of sp³-hybridized carbons (Fsp3) is 0.300. The third-order valence-corrected chi connectivity index (χ3v) is 7.38. The Balaban J connectivity index is 1.65. The first kappa shape index (κ1) is 24.5. The molecular formula is C20H16BrClF3N3O4S. The lowest BCUT2D eigenvalue weighted by Gasteiger charge is -2.42. The molecule has 3 aromatic rings. The first-order valence-electron chi connectivity index (χ1n) is 9.48. The summed E-state index contributed by atoms with van der Waals surface area (Å²) in [6, 6.07) is 2.16. The second-order valence-electron chi connectivity index (χ2n) is 7.22. The summed E-state index contributed by atoms with van der Waals surface area (Å²) in [5.74, 6) is -4.31. The van der Waals surface area contributed by atoms with Gasteiger partial charge in [-0.1, -0.05) is 23.4 Å². The number of benzene rings is 1. The minimum atomic E-state index is -1.59.